The van der Waals surface area contributed by atoms with Crippen LogP contribution in [0.15, 0.2) is 54.6 Å². The Kier molecular flexibility index (Phi) is 3.62. The van der Waals surface area contributed by atoms with Crippen molar-refractivity contribution in [2.45, 2.75) is 0 Å². The standard InChI is InChI=1S/C19H12FN3O3/c20-12-5-1-11(2-6-12)17-16-14(19(25)26)9-15(21-18(16)23-22-17)10-3-7-13(24)8-4-10/h1-9,24H,(H,25,26)(H,21,22,23). The van der Waals surface area contributed by atoms with E-state index in [1.165, 1.54) is 30.3 Å². The van der Waals surface area contributed by atoms with E-state index in [4.69, 9.17) is 0 Å². The van der Waals surface area contributed by atoms with Gasteiger partial charge < -0.3 is 10.2 Å². The van der Waals surface area contributed by atoms with Crippen molar-refractivity contribution in [3.63, 3.8) is 0 Å². The van der Waals surface area contributed by atoms with Crippen molar-refractivity contribution in [3.8, 4) is 28.3 Å². The minimum atomic E-state index is -1.12. The summed E-state index contributed by atoms with van der Waals surface area (Å²) < 4.78 is 13.2. The van der Waals surface area contributed by atoms with E-state index in [0.29, 0.717) is 27.9 Å². The maximum Gasteiger partial charge on any atom is 0.336 e. The molecule has 0 aliphatic heterocycles. The molecule has 26 heavy (non-hydrogen) atoms. The molecule has 0 amide bonds. The monoisotopic (exact) mass is 349 g/mol. The van der Waals surface area contributed by atoms with Crippen LogP contribution >= 0.6 is 0 Å². The molecule has 2 aromatic carbocycles. The van der Waals surface area contributed by atoms with E-state index in [2.05, 4.69) is 15.2 Å². The van der Waals surface area contributed by atoms with Crippen LogP contribution < -0.4 is 0 Å². The number of benzene rings is 2. The first-order valence-electron chi connectivity index (χ1n) is 7.70. The van der Waals surface area contributed by atoms with Gasteiger partial charge in [0.25, 0.3) is 0 Å². The number of hydrogen-bond donors (Lipinski definition) is 3. The number of carbonyl (C=O) groups is 1. The summed E-state index contributed by atoms with van der Waals surface area (Å²) in [5.41, 5.74) is 2.42. The summed E-state index contributed by atoms with van der Waals surface area (Å²) in [5, 5.41) is 26.3. The van der Waals surface area contributed by atoms with Gasteiger partial charge in [-0.15, -0.1) is 0 Å². The Morgan fingerprint density at radius 1 is 1.00 bits per heavy atom. The number of aromatic nitrogens is 3. The highest BCUT2D eigenvalue weighted by molar-refractivity contribution is 6.08. The first kappa shape index (κ1) is 15.8. The minimum absolute atomic E-state index is 0.0335. The molecule has 0 aliphatic rings. The molecular weight excluding hydrogens is 337 g/mol. The number of rotatable bonds is 3. The Morgan fingerprint density at radius 3 is 2.31 bits per heavy atom. The summed E-state index contributed by atoms with van der Waals surface area (Å²) in [4.78, 5) is 16.2. The van der Waals surface area contributed by atoms with Crippen molar-refractivity contribution in [2.75, 3.05) is 0 Å². The number of halogens is 1. The fourth-order valence-corrected chi connectivity index (χ4v) is 2.80. The Morgan fingerprint density at radius 2 is 1.65 bits per heavy atom. The Balaban J connectivity index is 1.94. The summed E-state index contributed by atoms with van der Waals surface area (Å²) in [6.45, 7) is 0. The molecule has 2 heterocycles. The number of aromatic hydroxyl groups is 1. The molecule has 0 unspecified atom stereocenters. The molecule has 0 aliphatic carbocycles. The van der Waals surface area contributed by atoms with E-state index >= 15 is 0 Å². The van der Waals surface area contributed by atoms with Gasteiger partial charge in [0, 0.05) is 11.1 Å². The van der Waals surface area contributed by atoms with Gasteiger partial charge in [0.2, 0.25) is 0 Å². The average Bonchev–Trinajstić information content (AvgIpc) is 3.06. The van der Waals surface area contributed by atoms with Gasteiger partial charge in [0.1, 0.15) is 11.6 Å². The van der Waals surface area contributed by atoms with Crippen LogP contribution in [0.2, 0.25) is 0 Å². The summed E-state index contributed by atoms with van der Waals surface area (Å²) >= 11 is 0. The predicted molar refractivity (Wildman–Crippen MR) is 93.3 cm³/mol. The topological polar surface area (TPSA) is 99.1 Å². The van der Waals surface area contributed by atoms with Crippen LogP contribution in [-0.4, -0.2) is 31.4 Å². The zero-order valence-corrected chi connectivity index (χ0v) is 13.3. The molecule has 4 aromatic rings. The van der Waals surface area contributed by atoms with Crippen LogP contribution in [0.5, 0.6) is 5.75 Å². The van der Waals surface area contributed by atoms with Crippen molar-refractivity contribution in [1.29, 1.82) is 0 Å². The molecule has 3 N–H and O–H groups in total. The smallest absolute Gasteiger partial charge is 0.336 e. The molecule has 4 rings (SSSR count). The molecule has 0 saturated carbocycles. The highest BCUT2D eigenvalue weighted by Crippen LogP contribution is 2.31. The van der Waals surface area contributed by atoms with Crippen molar-refractivity contribution in [1.82, 2.24) is 15.2 Å². The molecule has 6 nitrogen and oxygen atoms in total. The van der Waals surface area contributed by atoms with Crippen LogP contribution in [0.4, 0.5) is 4.39 Å². The fraction of sp³-hybridized carbons (Fsp3) is 0. The summed E-state index contributed by atoms with van der Waals surface area (Å²) in [7, 11) is 0. The van der Waals surface area contributed by atoms with Gasteiger partial charge in [0.15, 0.2) is 5.65 Å². The summed E-state index contributed by atoms with van der Waals surface area (Å²) in [6, 6.07) is 13.4. The number of H-pyrrole nitrogens is 1. The van der Waals surface area contributed by atoms with Gasteiger partial charge in [-0.2, -0.15) is 5.10 Å². The lowest BCUT2D eigenvalue weighted by atomic mass is 10.0. The molecular formula is C19H12FN3O3. The van der Waals surface area contributed by atoms with Crippen LogP contribution in [-0.2, 0) is 0 Å². The summed E-state index contributed by atoms with van der Waals surface area (Å²) in [6.07, 6.45) is 0. The largest absolute Gasteiger partial charge is 0.508 e. The second-order valence-electron chi connectivity index (χ2n) is 5.71. The van der Waals surface area contributed by atoms with Gasteiger partial charge >= 0.3 is 5.97 Å². The number of aromatic carboxylic acids is 1. The maximum atomic E-state index is 13.2. The van der Waals surface area contributed by atoms with E-state index in [9.17, 15) is 19.4 Å². The van der Waals surface area contributed by atoms with Crippen LogP contribution in [0.25, 0.3) is 33.5 Å². The number of aromatic amines is 1. The van der Waals surface area contributed by atoms with Crippen molar-refractivity contribution in [2.24, 2.45) is 0 Å². The first-order chi connectivity index (χ1) is 12.5. The van der Waals surface area contributed by atoms with E-state index < -0.39 is 5.97 Å². The Bertz CT molecular complexity index is 1120. The lowest BCUT2D eigenvalue weighted by molar-refractivity contribution is 0.0699. The van der Waals surface area contributed by atoms with E-state index in [-0.39, 0.29) is 22.8 Å². The number of nitrogens with zero attached hydrogens (tertiary/aromatic N) is 2. The number of phenolic OH excluding ortho intramolecular Hbond substituents is 1. The number of carboxylic acids is 1. The zero-order chi connectivity index (χ0) is 18.3. The number of fused-ring (bicyclic) bond motifs is 1. The van der Waals surface area contributed by atoms with E-state index in [1.807, 2.05) is 0 Å². The van der Waals surface area contributed by atoms with Gasteiger partial charge in [0.05, 0.1) is 22.3 Å². The summed E-state index contributed by atoms with van der Waals surface area (Å²) in [5.74, 6) is -1.40. The zero-order valence-electron chi connectivity index (χ0n) is 13.3. The number of phenols is 1. The average molecular weight is 349 g/mol. The molecule has 0 saturated heterocycles. The third-order valence-corrected chi connectivity index (χ3v) is 4.05. The van der Waals surface area contributed by atoms with Crippen molar-refractivity contribution >= 4 is 17.0 Å². The molecule has 0 fully saturated rings. The minimum Gasteiger partial charge on any atom is -0.508 e. The fourth-order valence-electron chi connectivity index (χ4n) is 2.80. The molecule has 0 radical (unpaired) electrons. The number of hydrogen-bond acceptors (Lipinski definition) is 4. The van der Waals surface area contributed by atoms with E-state index in [0.717, 1.165) is 0 Å². The molecule has 7 heteroatoms. The van der Waals surface area contributed by atoms with Crippen LogP contribution in [0.1, 0.15) is 10.4 Å². The first-order valence-corrected chi connectivity index (χ1v) is 7.70. The predicted octanol–water partition coefficient (Wildman–Crippen LogP) is 3.83. The second kappa shape index (κ2) is 5.96. The number of nitrogens with one attached hydrogen (secondary N) is 1. The highest BCUT2D eigenvalue weighted by atomic mass is 19.1. The van der Waals surface area contributed by atoms with Crippen molar-refractivity contribution in [3.05, 3.63) is 66.0 Å². The third-order valence-electron chi connectivity index (χ3n) is 4.05. The molecule has 2 aromatic heterocycles. The maximum absolute atomic E-state index is 13.2. The third kappa shape index (κ3) is 2.65. The van der Waals surface area contributed by atoms with Gasteiger partial charge in [-0.05, 0) is 54.6 Å². The van der Waals surface area contributed by atoms with Gasteiger partial charge in [-0.1, -0.05) is 0 Å². The van der Waals surface area contributed by atoms with E-state index in [1.54, 1.807) is 24.3 Å². The number of pyridine rings is 1. The normalized spacial score (nSPS) is 11.0. The van der Waals surface area contributed by atoms with Gasteiger partial charge in [-0.25, -0.2) is 14.2 Å². The van der Waals surface area contributed by atoms with Gasteiger partial charge in [-0.3, -0.25) is 5.10 Å². The molecule has 0 atom stereocenters. The lowest BCUT2D eigenvalue weighted by Crippen LogP contribution is -2.00. The number of carboxylic acid groups (broad SMARTS) is 1. The lowest BCUT2D eigenvalue weighted by Gasteiger charge is -2.06. The van der Waals surface area contributed by atoms with Crippen LogP contribution in [0.3, 0.4) is 0 Å². The quantitative estimate of drug-likeness (QED) is 0.522. The SMILES string of the molecule is O=C(O)c1cc(-c2ccc(O)cc2)nc2n[nH]c(-c3ccc(F)cc3)c12. The second-order valence-corrected chi connectivity index (χ2v) is 5.71. The molecule has 128 valence electrons. The van der Waals surface area contributed by atoms with Crippen molar-refractivity contribution < 1.29 is 19.4 Å². The molecule has 0 spiro atoms. The Labute approximate surface area is 146 Å². The molecule has 0 bridgehead atoms. The van der Waals surface area contributed by atoms with Crippen LogP contribution in [0, 0.1) is 5.82 Å². The highest BCUT2D eigenvalue weighted by Gasteiger charge is 2.19. The Hall–Kier alpha value is -3.74.